The first-order valence-electron chi connectivity index (χ1n) is 9.72. The van der Waals surface area contributed by atoms with Crippen LogP contribution >= 0.6 is 0 Å². The van der Waals surface area contributed by atoms with Crippen LogP contribution in [-0.2, 0) is 22.7 Å². The van der Waals surface area contributed by atoms with Crippen LogP contribution in [0.2, 0.25) is 0 Å². The number of hydrogen-bond acceptors (Lipinski definition) is 5. The number of pyridine rings is 1. The molecular weight excluding hydrogens is 340 g/mol. The van der Waals surface area contributed by atoms with Crippen molar-refractivity contribution in [2.24, 2.45) is 5.92 Å². The second-order valence-electron chi connectivity index (χ2n) is 6.99. The fourth-order valence-electron chi connectivity index (χ4n) is 2.97. The van der Waals surface area contributed by atoms with Gasteiger partial charge in [0, 0.05) is 25.8 Å². The van der Waals surface area contributed by atoms with Crippen molar-refractivity contribution in [3.63, 3.8) is 0 Å². The molecule has 27 heavy (non-hydrogen) atoms. The SMILES string of the molecule is CCOC(=O)CCN(Cc1ccc(OCc2ccccn2)cc1)CC1CC1. The van der Waals surface area contributed by atoms with Gasteiger partial charge in [0.15, 0.2) is 0 Å². The molecule has 1 aromatic heterocycles. The van der Waals surface area contributed by atoms with Gasteiger partial charge in [0.1, 0.15) is 12.4 Å². The van der Waals surface area contributed by atoms with Gasteiger partial charge >= 0.3 is 5.97 Å². The van der Waals surface area contributed by atoms with Crippen molar-refractivity contribution in [2.45, 2.75) is 39.3 Å². The van der Waals surface area contributed by atoms with E-state index in [0.717, 1.165) is 37.0 Å². The lowest BCUT2D eigenvalue weighted by atomic mass is 10.2. The number of carbonyl (C=O) groups is 1. The van der Waals surface area contributed by atoms with E-state index in [2.05, 4.69) is 22.0 Å². The van der Waals surface area contributed by atoms with E-state index in [9.17, 15) is 4.79 Å². The van der Waals surface area contributed by atoms with Crippen molar-refractivity contribution in [2.75, 3.05) is 19.7 Å². The number of nitrogens with zero attached hydrogens (tertiary/aromatic N) is 2. The molecule has 0 radical (unpaired) electrons. The van der Waals surface area contributed by atoms with Gasteiger partial charge in [-0.3, -0.25) is 14.7 Å². The molecule has 0 amide bonds. The summed E-state index contributed by atoms with van der Waals surface area (Å²) >= 11 is 0. The molecule has 5 heteroatoms. The van der Waals surface area contributed by atoms with Crippen molar-refractivity contribution < 1.29 is 14.3 Å². The van der Waals surface area contributed by atoms with Crippen LogP contribution in [0, 0.1) is 5.92 Å². The number of ether oxygens (including phenoxy) is 2. The third-order valence-corrected chi connectivity index (χ3v) is 4.59. The second-order valence-corrected chi connectivity index (χ2v) is 6.99. The quantitative estimate of drug-likeness (QED) is 0.564. The Morgan fingerprint density at radius 2 is 2.00 bits per heavy atom. The minimum Gasteiger partial charge on any atom is -0.487 e. The molecule has 0 bridgehead atoms. The van der Waals surface area contributed by atoms with Crippen LogP contribution in [0.15, 0.2) is 48.7 Å². The Hall–Kier alpha value is -2.40. The van der Waals surface area contributed by atoms with E-state index < -0.39 is 0 Å². The fourth-order valence-corrected chi connectivity index (χ4v) is 2.97. The first-order valence-corrected chi connectivity index (χ1v) is 9.72. The van der Waals surface area contributed by atoms with Gasteiger partial charge < -0.3 is 9.47 Å². The van der Waals surface area contributed by atoms with E-state index in [1.165, 1.54) is 18.4 Å². The largest absolute Gasteiger partial charge is 0.487 e. The Bertz CT molecular complexity index is 699. The van der Waals surface area contributed by atoms with Crippen molar-refractivity contribution in [1.29, 1.82) is 0 Å². The summed E-state index contributed by atoms with van der Waals surface area (Å²) < 4.78 is 10.9. The molecule has 1 heterocycles. The van der Waals surface area contributed by atoms with Crippen LogP contribution in [0.1, 0.15) is 37.4 Å². The van der Waals surface area contributed by atoms with E-state index in [0.29, 0.717) is 19.6 Å². The number of rotatable bonds is 11. The number of esters is 1. The lowest BCUT2D eigenvalue weighted by Crippen LogP contribution is -2.28. The van der Waals surface area contributed by atoms with Crippen LogP contribution in [0.4, 0.5) is 0 Å². The molecule has 1 aliphatic carbocycles. The lowest BCUT2D eigenvalue weighted by molar-refractivity contribution is -0.143. The lowest BCUT2D eigenvalue weighted by Gasteiger charge is -2.22. The summed E-state index contributed by atoms with van der Waals surface area (Å²) in [4.78, 5) is 18.3. The molecule has 0 unspecified atom stereocenters. The topological polar surface area (TPSA) is 51.7 Å². The van der Waals surface area contributed by atoms with Crippen molar-refractivity contribution in [1.82, 2.24) is 9.88 Å². The summed E-state index contributed by atoms with van der Waals surface area (Å²) in [5.41, 5.74) is 2.14. The molecule has 1 saturated carbocycles. The van der Waals surface area contributed by atoms with E-state index in [1.807, 2.05) is 37.3 Å². The maximum absolute atomic E-state index is 11.7. The Balaban J connectivity index is 1.50. The van der Waals surface area contributed by atoms with Gasteiger partial charge in [-0.2, -0.15) is 0 Å². The Kier molecular flexibility index (Phi) is 7.22. The minimum atomic E-state index is -0.114. The third-order valence-electron chi connectivity index (χ3n) is 4.59. The van der Waals surface area contributed by atoms with Crippen LogP contribution < -0.4 is 4.74 Å². The van der Waals surface area contributed by atoms with Crippen LogP contribution in [0.5, 0.6) is 5.75 Å². The predicted molar refractivity (Wildman–Crippen MR) is 104 cm³/mol. The average Bonchev–Trinajstić information content (AvgIpc) is 3.51. The van der Waals surface area contributed by atoms with Gasteiger partial charge in [-0.1, -0.05) is 18.2 Å². The van der Waals surface area contributed by atoms with Gasteiger partial charge in [0.25, 0.3) is 0 Å². The van der Waals surface area contributed by atoms with Crippen LogP contribution in [0.25, 0.3) is 0 Å². The highest BCUT2D eigenvalue weighted by molar-refractivity contribution is 5.69. The van der Waals surface area contributed by atoms with Gasteiger partial charge in [-0.25, -0.2) is 0 Å². The maximum atomic E-state index is 11.7. The number of carbonyl (C=O) groups excluding carboxylic acids is 1. The minimum absolute atomic E-state index is 0.114. The number of benzene rings is 1. The maximum Gasteiger partial charge on any atom is 0.307 e. The molecule has 3 rings (SSSR count). The van der Waals surface area contributed by atoms with Crippen LogP contribution in [-0.4, -0.2) is 35.5 Å². The predicted octanol–water partition coefficient (Wildman–Crippen LogP) is 3.83. The van der Waals surface area contributed by atoms with Gasteiger partial charge in [0.2, 0.25) is 0 Å². The van der Waals surface area contributed by atoms with Gasteiger partial charge in [-0.05, 0) is 55.5 Å². The normalized spacial score (nSPS) is 13.6. The van der Waals surface area contributed by atoms with Crippen molar-refractivity contribution >= 4 is 5.97 Å². The van der Waals surface area contributed by atoms with E-state index in [-0.39, 0.29) is 5.97 Å². The number of aromatic nitrogens is 1. The zero-order valence-corrected chi connectivity index (χ0v) is 16.0. The molecule has 5 nitrogen and oxygen atoms in total. The second kappa shape index (κ2) is 10.1. The molecule has 144 valence electrons. The highest BCUT2D eigenvalue weighted by atomic mass is 16.5. The van der Waals surface area contributed by atoms with Gasteiger partial charge in [-0.15, -0.1) is 0 Å². The van der Waals surface area contributed by atoms with Gasteiger partial charge in [0.05, 0.1) is 18.7 Å². The zero-order chi connectivity index (χ0) is 18.9. The Morgan fingerprint density at radius 3 is 2.67 bits per heavy atom. The van der Waals surface area contributed by atoms with E-state index in [4.69, 9.17) is 9.47 Å². The van der Waals surface area contributed by atoms with Crippen molar-refractivity contribution in [3.05, 3.63) is 59.9 Å². The fraction of sp³-hybridized carbons (Fsp3) is 0.455. The first-order chi connectivity index (χ1) is 13.2. The zero-order valence-electron chi connectivity index (χ0n) is 16.0. The molecule has 0 N–H and O–H groups in total. The summed E-state index contributed by atoms with van der Waals surface area (Å²) in [5, 5.41) is 0. The molecule has 0 saturated heterocycles. The summed E-state index contributed by atoms with van der Waals surface area (Å²) in [6.07, 6.45) is 4.82. The van der Waals surface area contributed by atoms with Crippen molar-refractivity contribution in [3.8, 4) is 5.75 Å². The third kappa shape index (κ3) is 7.02. The standard InChI is InChI=1S/C22H28N2O3/c1-2-26-22(25)12-14-24(15-18-6-7-18)16-19-8-10-21(11-9-19)27-17-20-5-3-4-13-23-20/h3-5,8-11,13,18H,2,6-7,12,14-17H2,1H3. The Morgan fingerprint density at radius 1 is 1.19 bits per heavy atom. The van der Waals surface area contributed by atoms with E-state index >= 15 is 0 Å². The summed E-state index contributed by atoms with van der Waals surface area (Å²) in [5.74, 6) is 1.51. The Labute approximate surface area is 161 Å². The summed E-state index contributed by atoms with van der Waals surface area (Å²) in [6, 6.07) is 14.0. The first kappa shape index (κ1) is 19.4. The smallest absolute Gasteiger partial charge is 0.307 e. The molecule has 1 aliphatic rings. The molecule has 0 atom stereocenters. The summed E-state index contributed by atoms with van der Waals surface area (Å²) in [6.45, 7) is 5.40. The molecule has 1 fully saturated rings. The summed E-state index contributed by atoms with van der Waals surface area (Å²) in [7, 11) is 0. The van der Waals surface area contributed by atoms with Crippen LogP contribution in [0.3, 0.4) is 0 Å². The molecule has 1 aromatic carbocycles. The molecular formula is C22H28N2O3. The monoisotopic (exact) mass is 368 g/mol. The highest BCUT2D eigenvalue weighted by Crippen LogP contribution is 2.30. The van der Waals surface area contributed by atoms with E-state index in [1.54, 1.807) is 6.20 Å². The highest BCUT2D eigenvalue weighted by Gasteiger charge is 2.24. The molecule has 0 spiro atoms. The average molecular weight is 368 g/mol. The number of hydrogen-bond donors (Lipinski definition) is 0. The molecule has 2 aromatic rings. The molecule has 0 aliphatic heterocycles.